The van der Waals surface area contributed by atoms with Crippen LogP contribution in [-0.2, 0) is 0 Å². The van der Waals surface area contributed by atoms with Crippen LogP contribution >= 0.6 is 12.2 Å². The summed E-state index contributed by atoms with van der Waals surface area (Å²) in [5, 5.41) is 3.60. The Morgan fingerprint density at radius 2 is 1.79 bits per heavy atom. The molecule has 0 unspecified atom stereocenters. The number of nitrogens with one attached hydrogen (secondary N) is 3. The minimum Gasteiger partial charge on any atom is -0.497 e. The molecule has 0 atom stereocenters. The monoisotopic (exact) mass is 341 g/mol. The number of hydrogen-bond donors (Lipinski definition) is 3. The first-order valence-electron chi connectivity index (χ1n) is 7.76. The summed E-state index contributed by atoms with van der Waals surface area (Å²) in [6.07, 6.45) is 0. The van der Waals surface area contributed by atoms with Gasteiger partial charge in [-0.05, 0) is 48.0 Å². The normalized spacial score (nSPS) is 10.2. The summed E-state index contributed by atoms with van der Waals surface area (Å²) >= 11 is 5.29. The molecule has 0 amide bonds. The third-order valence-corrected chi connectivity index (χ3v) is 3.78. The van der Waals surface area contributed by atoms with Crippen molar-refractivity contribution in [1.82, 2.24) is 10.9 Å². The van der Waals surface area contributed by atoms with Crippen LogP contribution < -0.4 is 20.9 Å². The van der Waals surface area contributed by atoms with Crippen molar-refractivity contribution in [3.05, 3.63) is 66.2 Å². The lowest BCUT2D eigenvalue weighted by Gasteiger charge is -2.15. The molecule has 126 valence electrons. The Hall–Kier alpha value is -2.53. The van der Waals surface area contributed by atoms with Crippen LogP contribution in [0.1, 0.15) is 30.9 Å². The van der Waals surface area contributed by atoms with Crippen molar-refractivity contribution < 1.29 is 4.74 Å². The van der Waals surface area contributed by atoms with Crippen molar-refractivity contribution in [2.24, 2.45) is 0 Å². The summed E-state index contributed by atoms with van der Waals surface area (Å²) in [5.41, 5.74) is 9.79. The van der Waals surface area contributed by atoms with Gasteiger partial charge in [-0.15, -0.1) is 0 Å². The lowest BCUT2D eigenvalue weighted by molar-refractivity contribution is 0.414. The highest BCUT2D eigenvalue weighted by Gasteiger charge is 2.03. The van der Waals surface area contributed by atoms with Gasteiger partial charge in [-0.2, -0.15) is 0 Å². The van der Waals surface area contributed by atoms with E-state index in [-0.39, 0.29) is 0 Å². The van der Waals surface area contributed by atoms with Crippen LogP contribution in [-0.4, -0.2) is 12.2 Å². The zero-order valence-corrected chi connectivity index (χ0v) is 15.0. The fourth-order valence-electron chi connectivity index (χ4n) is 2.13. The Kier molecular flexibility index (Phi) is 6.21. The average molecular weight is 341 g/mol. The second kappa shape index (κ2) is 8.36. The van der Waals surface area contributed by atoms with Gasteiger partial charge in [-0.3, -0.25) is 10.9 Å². The van der Waals surface area contributed by atoms with E-state index in [1.54, 1.807) is 7.11 Å². The van der Waals surface area contributed by atoms with E-state index < -0.39 is 0 Å². The van der Waals surface area contributed by atoms with Crippen LogP contribution in [0.25, 0.3) is 5.70 Å². The summed E-state index contributed by atoms with van der Waals surface area (Å²) in [6.45, 7) is 8.33. The molecule has 0 fully saturated rings. The third kappa shape index (κ3) is 4.99. The number of hydrogen-bond acceptors (Lipinski definition) is 3. The van der Waals surface area contributed by atoms with Crippen molar-refractivity contribution in [3.63, 3.8) is 0 Å². The van der Waals surface area contributed by atoms with Crippen LogP contribution in [0.4, 0.5) is 5.69 Å². The van der Waals surface area contributed by atoms with E-state index in [0.717, 1.165) is 17.0 Å². The topological polar surface area (TPSA) is 45.3 Å². The van der Waals surface area contributed by atoms with Gasteiger partial charge < -0.3 is 10.1 Å². The van der Waals surface area contributed by atoms with Gasteiger partial charge in [-0.1, -0.05) is 44.7 Å². The van der Waals surface area contributed by atoms with Crippen LogP contribution in [0.15, 0.2) is 55.1 Å². The summed E-state index contributed by atoms with van der Waals surface area (Å²) < 4.78 is 5.21. The van der Waals surface area contributed by atoms with Crippen LogP contribution in [0.3, 0.4) is 0 Å². The predicted molar refractivity (Wildman–Crippen MR) is 105 cm³/mol. The molecule has 0 aliphatic carbocycles. The van der Waals surface area contributed by atoms with Crippen molar-refractivity contribution in [2.75, 3.05) is 12.4 Å². The predicted octanol–water partition coefficient (Wildman–Crippen LogP) is 4.28. The first-order valence-corrected chi connectivity index (χ1v) is 8.16. The van der Waals surface area contributed by atoms with E-state index in [4.69, 9.17) is 17.0 Å². The van der Waals surface area contributed by atoms with E-state index in [2.05, 4.69) is 48.7 Å². The maximum Gasteiger partial charge on any atom is 0.189 e. The number of thiocarbonyl (C=S) groups is 1. The molecule has 0 radical (unpaired) electrons. The molecule has 5 heteroatoms. The van der Waals surface area contributed by atoms with E-state index >= 15 is 0 Å². The van der Waals surface area contributed by atoms with E-state index in [1.165, 1.54) is 5.56 Å². The van der Waals surface area contributed by atoms with Crippen LogP contribution in [0.5, 0.6) is 5.75 Å². The van der Waals surface area contributed by atoms with E-state index in [9.17, 15) is 0 Å². The fourth-order valence-corrected chi connectivity index (χ4v) is 2.30. The molecule has 2 aromatic rings. The smallest absolute Gasteiger partial charge is 0.189 e. The number of rotatable bonds is 6. The standard InChI is InChI=1S/C19H23N3OS/c1-13(2)15-8-10-17(11-9-15)20-19(24)22-21-14(3)16-6-5-7-18(12-16)23-4/h5-13,21H,3H2,1-2,4H3,(H2,20,22,24). The largest absolute Gasteiger partial charge is 0.497 e. The number of anilines is 1. The van der Waals surface area contributed by atoms with Gasteiger partial charge in [0.05, 0.1) is 12.8 Å². The van der Waals surface area contributed by atoms with Crippen LogP contribution in [0.2, 0.25) is 0 Å². The Balaban J connectivity index is 1.87. The van der Waals surface area contributed by atoms with Crippen molar-refractivity contribution >= 4 is 28.7 Å². The van der Waals surface area contributed by atoms with Gasteiger partial charge in [0.2, 0.25) is 0 Å². The second-order valence-corrected chi connectivity index (χ2v) is 6.10. The minimum absolute atomic E-state index is 0.469. The lowest BCUT2D eigenvalue weighted by atomic mass is 10.0. The zero-order valence-electron chi connectivity index (χ0n) is 14.2. The van der Waals surface area contributed by atoms with Crippen molar-refractivity contribution in [3.8, 4) is 5.75 Å². The first-order chi connectivity index (χ1) is 11.5. The maximum absolute atomic E-state index is 5.29. The number of methoxy groups -OCH3 is 1. The molecule has 2 aromatic carbocycles. The number of hydrazine groups is 1. The van der Waals surface area contributed by atoms with Crippen LogP contribution in [0, 0.1) is 0 Å². The van der Waals surface area contributed by atoms with Crippen molar-refractivity contribution in [1.29, 1.82) is 0 Å². The fraction of sp³-hybridized carbons (Fsp3) is 0.211. The van der Waals surface area contributed by atoms with Gasteiger partial charge in [0.15, 0.2) is 5.11 Å². The quantitative estimate of drug-likeness (QED) is 0.541. The lowest BCUT2D eigenvalue weighted by Crippen LogP contribution is -2.38. The molecule has 0 spiro atoms. The molecule has 0 aliphatic rings. The molecule has 0 saturated heterocycles. The average Bonchev–Trinajstić information content (AvgIpc) is 2.60. The number of ether oxygens (including phenoxy) is 1. The Morgan fingerprint density at radius 3 is 2.42 bits per heavy atom. The summed E-state index contributed by atoms with van der Waals surface area (Å²) in [5.74, 6) is 1.29. The maximum atomic E-state index is 5.29. The van der Waals surface area contributed by atoms with Gasteiger partial charge in [0, 0.05) is 11.3 Å². The number of benzene rings is 2. The summed E-state index contributed by atoms with van der Waals surface area (Å²) in [7, 11) is 1.64. The summed E-state index contributed by atoms with van der Waals surface area (Å²) in [6, 6.07) is 15.9. The minimum atomic E-state index is 0.469. The Labute approximate surface area is 148 Å². The zero-order chi connectivity index (χ0) is 17.5. The molecule has 3 N–H and O–H groups in total. The van der Waals surface area contributed by atoms with Gasteiger partial charge in [0.25, 0.3) is 0 Å². The molecular weight excluding hydrogens is 318 g/mol. The molecule has 0 aromatic heterocycles. The molecule has 0 bridgehead atoms. The van der Waals surface area contributed by atoms with Gasteiger partial charge in [-0.25, -0.2) is 0 Å². The van der Waals surface area contributed by atoms with E-state index in [1.807, 2.05) is 36.4 Å². The van der Waals surface area contributed by atoms with Gasteiger partial charge in [0.1, 0.15) is 5.75 Å². The summed E-state index contributed by atoms with van der Waals surface area (Å²) in [4.78, 5) is 0. The first kappa shape index (κ1) is 17.8. The molecule has 4 nitrogen and oxygen atoms in total. The second-order valence-electron chi connectivity index (χ2n) is 5.69. The highest BCUT2D eigenvalue weighted by atomic mass is 32.1. The molecule has 24 heavy (non-hydrogen) atoms. The highest BCUT2D eigenvalue weighted by Crippen LogP contribution is 2.18. The van der Waals surface area contributed by atoms with Gasteiger partial charge >= 0.3 is 0 Å². The molecule has 0 saturated carbocycles. The molecule has 0 heterocycles. The SMILES string of the molecule is C=C(NNC(=S)Nc1ccc(C(C)C)cc1)c1cccc(OC)c1. The Bertz CT molecular complexity index is 711. The molecule has 2 rings (SSSR count). The highest BCUT2D eigenvalue weighted by molar-refractivity contribution is 7.80. The van der Waals surface area contributed by atoms with E-state index in [0.29, 0.717) is 16.7 Å². The Morgan fingerprint density at radius 1 is 1.08 bits per heavy atom. The molecule has 0 aliphatic heterocycles. The third-order valence-electron chi connectivity index (χ3n) is 3.58. The van der Waals surface area contributed by atoms with Crippen molar-refractivity contribution in [2.45, 2.75) is 19.8 Å². The molecular formula is C19H23N3OS.